The summed E-state index contributed by atoms with van der Waals surface area (Å²) >= 11 is 0. The van der Waals surface area contributed by atoms with Gasteiger partial charge in [-0.1, -0.05) is 0 Å². The van der Waals surface area contributed by atoms with Crippen molar-refractivity contribution in [1.82, 2.24) is 20.4 Å². The number of carbonyl (C=O) groups excluding carboxylic acids is 3. The summed E-state index contributed by atoms with van der Waals surface area (Å²) in [6, 6.07) is 7.24. The number of nitrogens with zero attached hydrogens (tertiary/aromatic N) is 3. The van der Waals surface area contributed by atoms with Crippen molar-refractivity contribution < 1.29 is 19.1 Å². The third kappa shape index (κ3) is 9.09. The van der Waals surface area contributed by atoms with Crippen molar-refractivity contribution >= 4 is 29.3 Å². The number of piperazine rings is 1. The minimum atomic E-state index is -0.298. The summed E-state index contributed by atoms with van der Waals surface area (Å²) in [5.74, 6) is -0.277. The van der Waals surface area contributed by atoms with E-state index in [1.807, 2.05) is 63.8 Å². The molecule has 0 radical (unpaired) electrons. The summed E-state index contributed by atoms with van der Waals surface area (Å²) in [5.41, 5.74) is 1.44. The van der Waals surface area contributed by atoms with E-state index in [0.717, 1.165) is 18.8 Å². The molecule has 0 unspecified atom stereocenters. The standard InChI is InChI=1S/C24H40N6O4/c1-18(2)25-22(32)30(15-16-34-6)17-21(31)26-19-7-9-20(10-8-19)28-11-13-29(14-12-28)23(33)27-24(3,4)5/h7-10,18H,11-17H2,1-6H3,(H,25,32)(H,26,31)(H,27,33). The SMILES string of the molecule is COCCN(CC(=O)Nc1ccc(N2CCN(C(=O)NC(C)(C)C)CC2)cc1)C(=O)NC(C)C. The molecule has 1 aromatic rings. The largest absolute Gasteiger partial charge is 0.383 e. The smallest absolute Gasteiger partial charge is 0.318 e. The van der Waals surface area contributed by atoms with Crippen molar-refractivity contribution in [3.8, 4) is 0 Å². The zero-order valence-corrected chi connectivity index (χ0v) is 21.3. The van der Waals surface area contributed by atoms with Gasteiger partial charge in [0.2, 0.25) is 5.91 Å². The van der Waals surface area contributed by atoms with Gasteiger partial charge in [0.1, 0.15) is 6.54 Å². The van der Waals surface area contributed by atoms with E-state index in [1.54, 1.807) is 7.11 Å². The average molecular weight is 477 g/mol. The molecule has 0 bridgehead atoms. The Morgan fingerprint density at radius 1 is 1.06 bits per heavy atom. The Kier molecular flexibility index (Phi) is 9.97. The van der Waals surface area contributed by atoms with E-state index in [0.29, 0.717) is 31.9 Å². The van der Waals surface area contributed by atoms with Crippen LogP contribution in [0.5, 0.6) is 0 Å². The van der Waals surface area contributed by atoms with Crippen LogP contribution in [0.4, 0.5) is 21.0 Å². The fraction of sp³-hybridized carbons (Fsp3) is 0.625. The van der Waals surface area contributed by atoms with E-state index in [9.17, 15) is 14.4 Å². The lowest BCUT2D eigenvalue weighted by Crippen LogP contribution is -2.55. The molecule has 34 heavy (non-hydrogen) atoms. The quantitative estimate of drug-likeness (QED) is 0.534. The van der Waals surface area contributed by atoms with Gasteiger partial charge < -0.3 is 35.4 Å². The van der Waals surface area contributed by atoms with Gasteiger partial charge in [0.05, 0.1) is 6.61 Å². The highest BCUT2D eigenvalue weighted by Gasteiger charge is 2.24. The van der Waals surface area contributed by atoms with Crippen molar-refractivity contribution in [3.05, 3.63) is 24.3 Å². The van der Waals surface area contributed by atoms with Gasteiger partial charge in [-0.15, -0.1) is 0 Å². The van der Waals surface area contributed by atoms with E-state index in [2.05, 4.69) is 20.9 Å². The maximum absolute atomic E-state index is 12.5. The maximum atomic E-state index is 12.5. The number of rotatable bonds is 8. The molecule has 3 N–H and O–H groups in total. The Hall–Kier alpha value is -3.01. The van der Waals surface area contributed by atoms with Crippen molar-refractivity contribution in [2.45, 2.75) is 46.2 Å². The third-order valence-corrected chi connectivity index (χ3v) is 5.16. The molecule has 1 aromatic carbocycles. The number of nitrogens with one attached hydrogen (secondary N) is 3. The van der Waals surface area contributed by atoms with Gasteiger partial charge in [-0.2, -0.15) is 0 Å². The van der Waals surface area contributed by atoms with Gasteiger partial charge in [-0.3, -0.25) is 4.79 Å². The minimum absolute atomic E-state index is 0.0251. The molecule has 0 aliphatic carbocycles. The predicted molar refractivity (Wildman–Crippen MR) is 134 cm³/mol. The van der Waals surface area contributed by atoms with Crippen LogP contribution in [0.1, 0.15) is 34.6 Å². The number of urea groups is 2. The molecule has 5 amide bonds. The molecule has 0 spiro atoms. The van der Waals surface area contributed by atoms with Crippen molar-refractivity contribution in [2.75, 3.05) is 63.2 Å². The van der Waals surface area contributed by atoms with Gasteiger partial charge in [-0.25, -0.2) is 9.59 Å². The maximum Gasteiger partial charge on any atom is 0.318 e. The van der Waals surface area contributed by atoms with E-state index in [-0.39, 0.29) is 36.1 Å². The zero-order valence-electron chi connectivity index (χ0n) is 21.3. The molecule has 1 saturated heterocycles. The second-order valence-corrected chi connectivity index (χ2v) is 9.77. The molecule has 1 aliphatic heterocycles. The van der Waals surface area contributed by atoms with Crippen LogP contribution in [0, 0.1) is 0 Å². The lowest BCUT2D eigenvalue weighted by atomic mass is 10.1. The van der Waals surface area contributed by atoms with Crippen LogP contribution in [-0.4, -0.2) is 92.3 Å². The second kappa shape index (κ2) is 12.5. The van der Waals surface area contributed by atoms with Gasteiger partial charge >= 0.3 is 12.1 Å². The number of anilines is 2. The molecule has 0 aromatic heterocycles. The van der Waals surface area contributed by atoms with Crippen LogP contribution >= 0.6 is 0 Å². The minimum Gasteiger partial charge on any atom is -0.383 e. The van der Waals surface area contributed by atoms with Gasteiger partial charge in [0.15, 0.2) is 0 Å². The normalized spacial score (nSPS) is 14.1. The van der Waals surface area contributed by atoms with E-state index >= 15 is 0 Å². The van der Waals surface area contributed by atoms with Crippen molar-refractivity contribution in [3.63, 3.8) is 0 Å². The van der Waals surface area contributed by atoms with Crippen LogP contribution in [0.3, 0.4) is 0 Å². The molecule has 0 atom stereocenters. The lowest BCUT2D eigenvalue weighted by Gasteiger charge is -2.37. The van der Waals surface area contributed by atoms with Crippen molar-refractivity contribution in [2.24, 2.45) is 0 Å². The number of methoxy groups -OCH3 is 1. The molecule has 190 valence electrons. The molecule has 10 nitrogen and oxygen atoms in total. The van der Waals surface area contributed by atoms with Gasteiger partial charge in [-0.05, 0) is 58.9 Å². The molecule has 2 rings (SSSR count). The van der Waals surface area contributed by atoms with Crippen molar-refractivity contribution in [1.29, 1.82) is 0 Å². The molecule has 0 saturated carbocycles. The molecular weight excluding hydrogens is 436 g/mol. The number of hydrogen-bond acceptors (Lipinski definition) is 5. The fourth-order valence-electron chi connectivity index (χ4n) is 3.49. The summed E-state index contributed by atoms with van der Waals surface area (Å²) in [6.07, 6.45) is 0. The summed E-state index contributed by atoms with van der Waals surface area (Å²) in [7, 11) is 1.56. The first-order valence-corrected chi connectivity index (χ1v) is 11.7. The van der Waals surface area contributed by atoms with E-state index in [1.165, 1.54) is 4.90 Å². The third-order valence-electron chi connectivity index (χ3n) is 5.16. The Morgan fingerprint density at radius 2 is 1.68 bits per heavy atom. The van der Waals surface area contributed by atoms with E-state index < -0.39 is 0 Å². The number of amides is 5. The van der Waals surface area contributed by atoms with Crippen LogP contribution in [0.2, 0.25) is 0 Å². The fourth-order valence-corrected chi connectivity index (χ4v) is 3.49. The number of benzene rings is 1. The first-order valence-electron chi connectivity index (χ1n) is 11.7. The summed E-state index contributed by atoms with van der Waals surface area (Å²) < 4.78 is 5.06. The van der Waals surface area contributed by atoms with Gasteiger partial charge in [0, 0.05) is 62.8 Å². The Morgan fingerprint density at radius 3 is 2.21 bits per heavy atom. The molecule has 1 heterocycles. The Balaban J connectivity index is 1.87. The van der Waals surface area contributed by atoms with Crippen LogP contribution < -0.4 is 20.9 Å². The Labute approximate surface area is 203 Å². The summed E-state index contributed by atoms with van der Waals surface area (Å²) in [4.78, 5) is 42.7. The molecular formula is C24H40N6O4. The van der Waals surface area contributed by atoms with Crippen LogP contribution in [0.15, 0.2) is 24.3 Å². The number of carbonyl (C=O) groups is 3. The summed E-state index contributed by atoms with van der Waals surface area (Å²) in [6.45, 7) is 13.0. The number of ether oxygens (including phenoxy) is 1. The number of hydrogen-bond donors (Lipinski definition) is 3. The topological polar surface area (TPSA) is 106 Å². The highest BCUT2D eigenvalue weighted by Crippen LogP contribution is 2.20. The lowest BCUT2D eigenvalue weighted by molar-refractivity contribution is -0.116. The zero-order chi connectivity index (χ0) is 25.3. The van der Waals surface area contributed by atoms with E-state index in [4.69, 9.17) is 4.74 Å². The highest BCUT2D eigenvalue weighted by molar-refractivity contribution is 5.94. The molecule has 1 fully saturated rings. The molecule has 1 aliphatic rings. The first kappa shape index (κ1) is 27.2. The van der Waals surface area contributed by atoms with Gasteiger partial charge in [0.25, 0.3) is 0 Å². The first-order chi connectivity index (χ1) is 16.0. The van der Waals surface area contributed by atoms with Crippen LogP contribution in [0.25, 0.3) is 0 Å². The second-order valence-electron chi connectivity index (χ2n) is 9.77. The monoisotopic (exact) mass is 476 g/mol. The Bertz CT molecular complexity index is 814. The highest BCUT2D eigenvalue weighted by atomic mass is 16.5. The predicted octanol–water partition coefficient (Wildman–Crippen LogP) is 2.32. The summed E-state index contributed by atoms with van der Waals surface area (Å²) in [5, 5.41) is 8.66. The van der Waals surface area contributed by atoms with Crippen LogP contribution in [-0.2, 0) is 9.53 Å². The average Bonchev–Trinajstić information content (AvgIpc) is 2.75. The molecule has 10 heteroatoms.